The predicted octanol–water partition coefficient (Wildman–Crippen LogP) is -2.12. The van der Waals surface area contributed by atoms with Gasteiger partial charge in [0.2, 0.25) is 0 Å². The molecular formula is C8H14NORb. The number of carbonyl (C=O) groups excluding carboxylic acids is 1. The van der Waals surface area contributed by atoms with Gasteiger partial charge in [0.05, 0.1) is 0 Å². The van der Waals surface area contributed by atoms with E-state index in [4.69, 9.17) is 0 Å². The molecule has 0 saturated carbocycles. The van der Waals surface area contributed by atoms with Gasteiger partial charge in [-0.15, -0.1) is 12.8 Å². The number of nitrogens with zero attached hydrogens (tertiary/aromatic N) is 1. The maximum atomic E-state index is 10.8. The van der Waals surface area contributed by atoms with E-state index in [0.29, 0.717) is 0 Å². The van der Waals surface area contributed by atoms with Crippen molar-refractivity contribution in [1.82, 2.24) is 4.90 Å². The van der Waals surface area contributed by atoms with Crippen LogP contribution in [0.4, 0.5) is 0 Å². The van der Waals surface area contributed by atoms with Gasteiger partial charge in [-0.1, -0.05) is 0 Å². The van der Waals surface area contributed by atoms with Crippen molar-refractivity contribution in [2.24, 2.45) is 0 Å². The van der Waals surface area contributed by atoms with E-state index in [-0.39, 0.29) is 64.0 Å². The van der Waals surface area contributed by atoms with Gasteiger partial charge < -0.3 is 15.6 Å². The molecule has 0 radical (unpaired) electrons. The zero-order chi connectivity index (χ0) is 7.56. The van der Waals surface area contributed by atoms with E-state index in [1.54, 1.807) is 6.92 Å². The van der Waals surface area contributed by atoms with Crippen LogP contribution in [0, 0.1) is 5.92 Å². The van der Waals surface area contributed by atoms with Gasteiger partial charge >= 0.3 is 58.2 Å². The molecule has 1 fully saturated rings. The molecular weight excluding hydrogens is 212 g/mol. The van der Waals surface area contributed by atoms with Crippen LogP contribution < -0.4 is 58.2 Å². The molecule has 0 aromatic rings. The average Bonchev–Trinajstić information content (AvgIpc) is 1.88. The summed E-state index contributed by atoms with van der Waals surface area (Å²) in [5, 5.41) is 0. The van der Waals surface area contributed by atoms with Crippen molar-refractivity contribution in [2.75, 3.05) is 20.1 Å². The molecule has 11 heavy (non-hydrogen) atoms. The van der Waals surface area contributed by atoms with Crippen LogP contribution in [0.15, 0.2) is 0 Å². The second-order valence-electron chi connectivity index (χ2n) is 2.96. The molecule has 1 aliphatic rings. The normalized spacial score (nSPS) is 19.3. The maximum absolute atomic E-state index is 10.8. The number of likely N-dealkylation sites (tertiary alicyclic amines) is 1. The van der Waals surface area contributed by atoms with E-state index in [2.05, 4.69) is 11.9 Å². The molecule has 0 unspecified atom stereocenters. The van der Waals surface area contributed by atoms with Crippen molar-refractivity contribution in [3.8, 4) is 0 Å². The molecule has 1 heterocycles. The molecule has 0 aromatic heterocycles. The van der Waals surface area contributed by atoms with E-state index in [1.807, 2.05) is 0 Å². The first-order valence-corrected chi connectivity index (χ1v) is 3.74. The van der Waals surface area contributed by atoms with E-state index < -0.39 is 0 Å². The summed E-state index contributed by atoms with van der Waals surface area (Å²) in [6, 6.07) is 0. The van der Waals surface area contributed by atoms with Crippen LogP contribution in [0.3, 0.4) is 0 Å². The second-order valence-corrected chi connectivity index (χ2v) is 2.96. The molecule has 1 rings (SSSR count). The molecule has 2 nitrogen and oxygen atoms in total. The zero-order valence-corrected chi connectivity index (χ0v) is 12.6. The van der Waals surface area contributed by atoms with Gasteiger partial charge in [0.25, 0.3) is 0 Å². The Labute approximate surface area is 118 Å². The Hall–Kier alpha value is 1.31. The largest absolute Gasteiger partial charge is 1.00 e. The zero-order valence-electron chi connectivity index (χ0n) is 7.68. The first-order chi connectivity index (χ1) is 4.70. The third-order valence-electron chi connectivity index (χ3n) is 2.09. The fraction of sp³-hybridized carbons (Fsp3) is 0.750. The Morgan fingerprint density at radius 3 is 2.18 bits per heavy atom. The third-order valence-corrected chi connectivity index (χ3v) is 2.09. The Morgan fingerprint density at radius 1 is 1.36 bits per heavy atom. The summed E-state index contributed by atoms with van der Waals surface area (Å²) in [6.07, 6.45) is 1.96. The van der Waals surface area contributed by atoms with E-state index >= 15 is 0 Å². The maximum Gasteiger partial charge on any atom is 1.00 e. The first-order valence-electron chi connectivity index (χ1n) is 3.74. The third kappa shape index (κ3) is 4.18. The van der Waals surface area contributed by atoms with E-state index in [1.165, 1.54) is 0 Å². The van der Waals surface area contributed by atoms with Crippen molar-refractivity contribution in [3.05, 3.63) is 5.92 Å². The summed E-state index contributed by atoms with van der Waals surface area (Å²) >= 11 is 0. The SMILES string of the molecule is CC(=O)[C-]1CCN(C)CC1.[Rb+]. The van der Waals surface area contributed by atoms with Crippen LogP contribution >= 0.6 is 0 Å². The summed E-state index contributed by atoms with van der Waals surface area (Å²) in [7, 11) is 2.09. The molecule has 58 valence electrons. The van der Waals surface area contributed by atoms with Gasteiger partial charge in [0.1, 0.15) is 0 Å². The standard InChI is InChI=1S/C8H14NO.Rb/c1-7(10)8-3-5-9(2)6-4-8;/h3-6H2,1-2H3;/q-1;+1. The number of carbonyl (C=O) groups is 1. The summed E-state index contributed by atoms with van der Waals surface area (Å²) in [5.41, 5.74) is 0. The van der Waals surface area contributed by atoms with Gasteiger partial charge in [0, 0.05) is 0 Å². The second kappa shape index (κ2) is 5.87. The molecule has 1 saturated heterocycles. The van der Waals surface area contributed by atoms with Crippen LogP contribution in [0.25, 0.3) is 0 Å². The Balaban J connectivity index is 0.000001000. The molecule has 0 amide bonds. The minimum atomic E-state index is 0. The fourth-order valence-electron chi connectivity index (χ4n) is 1.24. The number of hydrogen-bond acceptors (Lipinski definition) is 2. The number of piperidine rings is 1. The monoisotopic (exact) mass is 225 g/mol. The van der Waals surface area contributed by atoms with Crippen LogP contribution in [0.5, 0.6) is 0 Å². The van der Waals surface area contributed by atoms with Crippen molar-refractivity contribution >= 4 is 5.78 Å². The molecule has 0 atom stereocenters. The fourth-order valence-corrected chi connectivity index (χ4v) is 1.24. The Bertz CT molecular complexity index is 130. The molecule has 0 spiro atoms. The van der Waals surface area contributed by atoms with Crippen LogP contribution in [0.1, 0.15) is 19.8 Å². The summed E-state index contributed by atoms with van der Waals surface area (Å²) in [5.74, 6) is 1.41. The van der Waals surface area contributed by atoms with Crippen LogP contribution in [-0.2, 0) is 4.79 Å². The van der Waals surface area contributed by atoms with Crippen molar-refractivity contribution in [3.63, 3.8) is 0 Å². The van der Waals surface area contributed by atoms with Gasteiger partial charge in [-0.05, 0) is 32.8 Å². The van der Waals surface area contributed by atoms with E-state index in [9.17, 15) is 4.79 Å². The minimum Gasteiger partial charge on any atom is -0.334 e. The molecule has 0 aliphatic carbocycles. The summed E-state index contributed by atoms with van der Waals surface area (Å²) in [6.45, 7) is 3.77. The van der Waals surface area contributed by atoms with Crippen molar-refractivity contribution < 1.29 is 63.0 Å². The Kier molecular flexibility index (Phi) is 6.56. The van der Waals surface area contributed by atoms with Crippen molar-refractivity contribution in [1.29, 1.82) is 0 Å². The van der Waals surface area contributed by atoms with Gasteiger partial charge in [-0.25, -0.2) is 0 Å². The molecule has 3 heteroatoms. The number of Topliss-reactive ketones (excluding diaryl/α,β-unsaturated/α-hetero) is 1. The first kappa shape index (κ1) is 12.3. The number of hydrogen-bond donors (Lipinski definition) is 0. The topological polar surface area (TPSA) is 20.3 Å². The van der Waals surface area contributed by atoms with Gasteiger partial charge in [-0.3, -0.25) is 0 Å². The van der Waals surface area contributed by atoms with Crippen molar-refractivity contribution in [2.45, 2.75) is 19.8 Å². The summed E-state index contributed by atoms with van der Waals surface area (Å²) < 4.78 is 0. The quantitative estimate of drug-likeness (QED) is 0.476. The average molecular weight is 226 g/mol. The van der Waals surface area contributed by atoms with Gasteiger partial charge in [-0.2, -0.15) is 0 Å². The molecule has 0 bridgehead atoms. The molecule has 0 N–H and O–H groups in total. The predicted molar refractivity (Wildman–Crippen MR) is 40.7 cm³/mol. The van der Waals surface area contributed by atoms with Crippen LogP contribution in [-0.4, -0.2) is 30.8 Å². The Morgan fingerprint density at radius 2 is 1.82 bits per heavy atom. The molecule has 1 aliphatic heterocycles. The smallest absolute Gasteiger partial charge is 0.334 e. The van der Waals surface area contributed by atoms with Crippen LogP contribution in [0.2, 0.25) is 0 Å². The summed E-state index contributed by atoms with van der Waals surface area (Å²) in [4.78, 5) is 13.1. The number of rotatable bonds is 1. The number of ketones is 1. The minimum absolute atomic E-state index is 0. The van der Waals surface area contributed by atoms with E-state index in [0.717, 1.165) is 31.8 Å². The van der Waals surface area contributed by atoms with Gasteiger partial charge in [0.15, 0.2) is 0 Å². The molecule has 0 aromatic carbocycles.